The second-order valence-electron chi connectivity index (χ2n) is 3.60. The largest absolute Gasteiger partial charge is 0.481 e. The van der Waals surface area contributed by atoms with E-state index < -0.39 is 17.9 Å². The molecule has 0 fully saturated rings. The minimum absolute atomic E-state index is 0.00461. The van der Waals surface area contributed by atoms with Crippen LogP contribution in [0, 0.1) is 5.82 Å². The van der Waals surface area contributed by atoms with E-state index in [0.29, 0.717) is 5.69 Å². The number of carbonyl (C=O) groups is 1. The predicted molar refractivity (Wildman–Crippen MR) is 62.8 cm³/mol. The van der Waals surface area contributed by atoms with Crippen LogP contribution >= 0.6 is 11.6 Å². The van der Waals surface area contributed by atoms with Gasteiger partial charge in [0.25, 0.3) is 0 Å². The van der Waals surface area contributed by atoms with Crippen molar-refractivity contribution in [2.75, 3.05) is 11.9 Å². The van der Waals surface area contributed by atoms with Crippen molar-refractivity contribution in [1.29, 1.82) is 0 Å². The molecular weight excluding hydrogens is 249 g/mol. The summed E-state index contributed by atoms with van der Waals surface area (Å²) in [5, 5.41) is 20.7. The Hall–Kier alpha value is -1.33. The first-order chi connectivity index (χ1) is 7.99. The number of anilines is 1. The van der Waals surface area contributed by atoms with Crippen molar-refractivity contribution in [2.24, 2.45) is 0 Å². The molecule has 1 aromatic carbocycles. The fraction of sp³-hybridized carbons (Fsp3) is 0.364. The van der Waals surface area contributed by atoms with Crippen molar-refractivity contribution >= 4 is 23.3 Å². The predicted octanol–water partition coefficient (Wildman–Crippen LogP) is 2.12. The summed E-state index contributed by atoms with van der Waals surface area (Å²) in [5.41, 5.74) is 0.575. The molecule has 0 aliphatic heterocycles. The maximum atomic E-state index is 12.8. The lowest BCUT2D eigenvalue weighted by atomic mass is 10.2. The van der Waals surface area contributed by atoms with Gasteiger partial charge in [0.1, 0.15) is 5.82 Å². The maximum Gasteiger partial charge on any atom is 0.303 e. The molecule has 3 N–H and O–H groups in total. The molecule has 0 aromatic heterocycles. The smallest absolute Gasteiger partial charge is 0.303 e. The summed E-state index contributed by atoms with van der Waals surface area (Å²) in [5.74, 6) is -1.46. The molecule has 0 saturated heterocycles. The number of halogens is 2. The van der Waals surface area contributed by atoms with Crippen molar-refractivity contribution in [1.82, 2.24) is 0 Å². The van der Waals surface area contributed by atoms with Crippen LogP contribution in [0.2, 0.25) is 5.02 Å². The van der Waals surface area contributed by atoms with Gasteiger partial charge in [-0.2, -0.15) is 0 Å². The van der Waals surface area contributed by atoms with Crippen LogP contribution in [0.25, 0.3) is 0 Å². The lowest BCUT2D eigenvalue weighted by Gasteiger charge is -2.12. The van der Waals surface area contributed by atoms with Crippen molar-refractivity contribution in [3.8, 4) is 0 Å². The van der Waals surface area contributed by atoms with E-state index in [-0.39, 0.29) is 24.4 Å². The molecule has 1 unspecified atom stereocenters. The molecule has 0 aliphatic carbocycles. The third-order valence-corrected chi connectivity index (χ3v) is 2.44. The van der Waals surface area contributed by atoms with Crippen LogP contribution in [0.4, 0.5) is 10.1 Å². The van der Waals surface area contributed by atoms with Gasteiger partial charge in [0.15, 0.2) is 0 Å². The van der Waals surface area contributed by atoms with Gasteiger partial charge in [0, 0.05) is 18.7 Å². The number of carboxylic acid groups (broad SMARTS) is 1. The quantitative estimate of drug-likeness (QED) is 0.734. The zero-order valence-corrected chi connectivity index (χ0v) is 9.75. The third kappa shape index (κ3) is 5.01. The van der Waals surface area contributed by atoms with Gasteiger partial charge in [-0.05, 0) is 24.6 Å². The molecule has 0 aliphatic rings. The number of carboxylic acids is 1. The molecule has 6 heteroatoms. The molecule has 0 heterocycles. The van der Waals surface area contributed by atoms with Gasteiger partial charge in [-0.3, -0.25) is 4.79 Å². The van der Waals surface area contributed by atoms with Crippen LogP contribution in [0.5, 0.6) is 0 Å². The van der Waals surface area contributed by atoms with Gasteiger partial charge < -0.3 is 15.5 Å². The Morgan fingerprint density at radius 3 is 2.82 bits per heavy atom. The van der Waals surface area contributed by atoms with E-state index in [0.717, 1.165) is 0 Å². The van der Waals surface area contributed by atoms with Gasteiger partial charge >= 0.3 is 5.97 Å². The standard InChI is InChI=1S/C11H13ClFNO3/c12-9-5-7(1-3-10(9)13)14-6-8(15)2-4-11(16)17/h1,3,5,8,14-15H,2,4,6H2,(H,16,17). The molecule has 94 valence electrons. The van der Waals surface area contributed by atoms with Crippen molar-refractivity contribution < 1.29 is 19.4 Å². The number of aliphatic carboxylic acids is 1. The average Bonchev–Trinajstić information content (AvgIpc) is 2.28. The summed E-state index contributed by atoms with van der Waals surface area (Å²) in [4.78, 5) is 10.3. The van der Waals surface area contributed by atoms with Gasteiger partial charge in [0.2, 0.25) is 0 Å². The lowest BCUT2D eigenvalue weighted by Crippen LogP contribution is -2.20. The summed E-state index contributed by atoms with van der Waals surface area (Å²) >= 11 is 5.58. The van der Waals surface area contributed by atoms with Crippen LogP contribution in [0.1, 0.15) is 12.8 Å². The Labute approximate surface area is 103 Å². The fourth-order valence-electron chi connectivity index (χ4n) is 1.23. The highest BCUT2D eigenvalue weighted by atomic mass is 35.5. The Balaban J connectivity index is 2.39. The normalized spacial score (nSPS) is 12.2. The van der Waals surface area contributed by atoms with Crippen LogP contribution < -0.4 is 5.32 Å². The number of hydrogen-bond acceptors (Lipinski definition) is 3. The first-order valence-corrected chi connectivity index (χ1v) is 5.45. The van der Waals surface area contributed by atoms with Gasteiger partial charge in [-0.1, -0.05) is 11.6 Å². The summed E-state index contributed by atoms with van der Waals surface area (Å²) in [7, 11) is 0. The summed E-state index contributed by atoms with van der Waals surface area (Å²) in [6.45, 7) is 0.190. The monoisotopic (exact) mass is 261 g/mol. The molecule has 0 amide bonds. The number of aliphatic hydroxyl groups is 1. The van der Waals surface area contributed by atoms with Crippen LogP contribution in [0.15, 0.2) is 18.2 Å². The van der Waals surface area contributed by atoms with E-state index in [1.807, 2.05) is 0 Å². The van der Waals surface area contributed by atoms with E-state index in [1.165, 1.54) is 18.2 Å². The third-order valence-electron chi connectivity index (χ3n) is 2.15. The van der Waals surface area contributed by atoms with E-state index >= 15 is 0 Å². The molecular formula is C11H13ClFNO3. The number of hydrogen-bond donors (Lipinski definition) is 3. The number of aliphatic hydroxyl groups excluding tert-OH is 1. The van der Waals surface area contributed by atoms with Gasteiger partial charge in [0.05, 0.1) is 11.1 Å². The molecule has 4 nitrogen and oxygen atoms in total. The maximum absolute atomic E-state index is 12.8. The highest BCUT2D eigenvalue weighted by molar-refractivity contribution is 6.31. The van der Waals surface area contributed by atoms with Gasteiger partial charge in [-0.15, -0.1) is 0 Å². The highest BCUT2D eigenvalue weighted by Crippen LogP contribution is 2.19. The van der Waals surface area contributed by atoms with Crippen LogP contribution in [-0.2, 0) is 4.79 Å². The van der Waals surface area contributed by atoms with Crippen molar-refractivity contribution in [3.63, 3.8) is 0 Å². The van der Waals surface area contributed by atoms with E-state index in [1.54, 1.807) is 0 Å². The average molecular weight is 262 g/mol. The highest BCUT2D eigenvalue weighted by Gasteiger charge is 2.07. The van der Waals surface area contributed by atoms with Crippen molar-refractivity contribution in [2.45, 2.75) is 18.9 Å². The SMILES string of the molecule is O=C(O)CCC(O)CNc1ccc(F)c(Cl)c1. The first-order valence-electron chi connectivity index (χ1n) is 5.08. The summed E-state index contributed by atoms with van der Waals surface area (Å²) < 4.78 is 12.8. The second kappa shape index (κ2) is 6.42. The van der Waals surface area contributed by atoms with Crippen LogP contribution in [-0.4, -0.2) is 28.8 Å². The molecule has 0 saturated carbocycles. The Bertz CT molecular complexity index is 400. The molecule has 1 atom stereocenters. The zero-order valence-electron chi connectivity index (χ0n) is 8.99. The fourth-order valence-corrected chi connectivity index (χ4v) is 1.41. The number of nitrogens with one attached hydrogen (secondary N) is 1. The summed E-state index contributed by atoms with van der Waals surface area (Å²) in [6.07, 6.45) is -0.695. The second-order valence-corrected chi connectivity index (χ2v) is 4.00. The van der Waals surface area contributed by atoms with Gasteiger partial charge in [-0.25, -0.2) is 4.39 Å². The lowest BCUT2D eigenvalue weighted by molar-refractivity contribution is -0.137. The number of benzene rings is 1. The molecule has 0 bridgehead atoms. The number of rotatable bonds is 6. The molecule has 1 aromatic rings. The molecule has 17 heavy (non-hydrogen) atoms. The topological polar surface area (TPSA) is 69.6 Å². The Kier molecular flexibility index (Phi) is 5.18. The molecule has 0 spiro atoms. The van der Waals surface area contributed by atoms with E-state index in [4.69, 9.17) is 16.7 Å². The summed E-state index contributed by atoms with van der Waals surface area (Å²) in [6, 6.07) is 4.11. The first kappa shape index (κ1) is 13.7. The molecule has 0 radical (unpaired) electrons. The zero-order chi connectivity index (χ0) is 12.8. The van der Waals surface area contributed by atoms with E-state index in [9.17, 15) is 14.3 Å². The van der Waals surface area contributed by atoms with Crippen LogP contribution in [0.3, 0.4) is 0 Å². The minimum atomic E-state index is -0.950. The minimum Gasteiger partial charge on any atom is -0.481 e. The van der Waals surface area contributed by atoms with E-state index in [2.05, 4.69) is 5.32 Å². The van der Waals surface area contributed by atoms with Crippen molar-refractivity contribution in [3.05, 3.63) is 29.0 Å². The Morgan fingerprint density at radius 1 is 1.53 bits per heavy atom. The Morgan fingerprint density at radius 2 is 2.24 bits per heavy atom. The molecule has 1 rings (SSSR count).